The van der Waals surface area contributed by atoms with Gasteiger partial charge in [0.1, 0.15) is 25.3 Å². The van der Waals surface area contributed by atoms with Crippen LogP contribution in [0.2, 0.25) is 13.1 Å². The van der Waals surface area contributed by atoms with Crippen molar-refractivity contribution in [3.63, 3.8) is 0 Å². The second-order valence-corrected chi connectivity index (χ2v) is 13.8. The molecule has 0 bridgehead atoms. The molecular weight excluding hydrogens is 532 g/mol. The number of ether oxygens (including phenoxy) is 8. The Kier molecular flexibility index (Phi) is 10.3. The monoisotopic (exact) mass is 570 g/mol. The maximum Gasteiger partial charge on any atom is 0.188 e. The van der Waals surface area contributed by atoms with Crippen molar-refractivity contribution in [1.82, 2.24) is 0 Å². The van der Waals surface area contributed by atoms with E-state index in [1.807, 2.05) is 30.0 Å². The molecule has 9 nitrogen and oxygen atoms in total. The number of methoxy groups -OCH3 is 7. The number of fused-ring (bicyclic) bond motifs is 1. The average Bonchev–Trinajstić information content (AvgIpc) is 2.97. The van der Waals surface area contributed by atoms with Crippen molar-refractivity contribution < 1.29 is 42.7 Å². The number of carbonyl (C=O) groups is 1. The second-order valence-electron chi connectivity index (χ2n) is 9.42. The minimum absolute atomic E-state index is 0.0182. The van der Waals surface area contributed by atoms with Gasteiger partial charge in [0.2, 0.25) is 0 Å². The van der Waals surface area contributed by atoms with E-state index in [0.29, 0.717) is 50.8 Å². The molecular formula is C30H38O9Si. The van der Waals surface area contributed by atoms with Gasteiger partial charge in [0.15, 0.2) is 35.6 Å². The second kappa shape index (κ2) is 13.4. The lowest BCUT2D eigenvalue weighted by Crippen LogP contribution is -2.39. The zero-order valence-electron chi connectivity index (χ0n) is 24.6. The van der Waals surface area contributed by atoms with Crippen molar-refractivity contribution in [3.05, 3.63) is 47.7 Å². The Balaban J connectivity index is 2.19. The highest BCUT2D eigenvalue weighted by Gasteiger charge is 2.30. The molecule has 0 saturated heterocycles. The summed E-state index contributed by atoms with van der Waals surface area (Å²) in [6.07, 6.45) is 1.62. The van der Waals surface area contributed by atoms with Crippen LogP contribution in [0.5, 0.6) is 40.2 Å². The lowest BCUT2D eigenvalue weighted by Gasteiger charge is -2.23. The van der Waals surface area contributed by atoms with Gasteiger partial charge >= 0.3 is 0 Å². The molecule has 0 aliphatic carbocycles. The van der Waals surface area contributed by atoms with Crippen molar-refractivity contribution in [2.24, 2.45) is 0 Å². The Labute approximate surface area is 236 Å². The molecule has 3 aromatic carbocycles. The fourth-order valence-electron chi connectivity index (χ4n) is 4.58. The Morgan fingerprint density at radius 2 is 1.35 bits per heavy atom. The van der Waals surface area contributed by atoms with E-state index >= 15 is 0 Å². The van der Waals surface area contributed by atoms with Gasteiger partial charge in [-0.05, 0) is 18.2 Å². The van der Waals surface area contributed by atoms with Gasteiger partial charge in [-0.15, -0.1) is 0 Å². The molecule has 0 aromatic heterocycles. The summed E-state index contributed by atoms with van der Waals surface area (Å²) in [5.74, 6) is 2.99. The number of ketones is 1. The number of rotatable bonds is 14. The van der Waals surface area contributed by atoms with Gasteiger partial charge in [-0.2, -0.15) is 0 Å². The summed E-state index contributed by atoms with van der Waals surface area (Å²) in [5, 5.41) is 2.25. The Morgan fingerprint density at radius 1 is 0.725 bits per heavy atom. The average molecular weight is 571 g/mol. The van der Waals surface area contributed by atoms with Crippen LogP contribution in [0.3, 0.4) is 0 Å². The molecule has 0 amide bonds. The standard InChI is InChI=1S/C30H38O9Si/c1-32-18-39-28-22(16-19(31)14-15-40(8,9)21-12-10-20(33-2)11-13-21)27(36-5)25-23(34-3)17-24(35-4)29(37-6)26(25)30(28)38-7/h10-15,17H,16,18H2,1-9H3/b15-14+. The summed E-state index contributed by atoms with van der Waals surface area (Å²) in [7, 11) is 8.73. The highest BCUT2D eigenvalue weighted by Crippen LogP contribution is 2.55. The Bertz CT molecular complexity index is 1360. The van der Waals surface area contributed by atoms with Crippen LogP contribution >= 0.6 is 0 Å². The van der Waals surface area contributed by atoms with E-state index in [1.165, 1.54) is 40.7 Å². The van der Waals surface area contributed by atoms with Crippen LogP contribution in [0.15, 0.2) is 42.1 Å². The summed E-state index contributed by atoms with van der Waals surface area (Å²) in [6, 6.07) is 9.65. The van der Waals surface area contributed by atoms with Gasteiger partial charge in [0, 0.05) is 25.2 Å². The molecule has 0 unspecified atom stereocenters. The molecule has 0 radical (unpaired) electrons. The summed E-state index contributed by atoms with van der Waals surface area (Å²) < 4.78 is 45.2. The van der Waals surface area contributed by atoms with Crippen LogP contribution in [-0.2, 0) is 16.0 Å². The molecule has 0 fully saturated rings. The third kappa shape index (κ3) is 6.13. The molecule has 10 heteroatoms. The maximum absolute atomic E-state index is 13.5. The number of benzene rings is 3. The molecule has 0 spiro atoms. The van der Waals surface area contributed by atoms with Gasteiger partial charge in [0.25, 0.3) is 0 Å². The van der Waals surface area contributed by atoms with Crippen molar-refractivity contribution in [1.29, 1.82) is 0 Å². The lowest BCUT2D eigenvalue weighted by molar-refractivity contribution is -0.114. The minimum Gasteiger partial charge on any atom is -0.497 e. The zero-order chi connectivity index (χ0) is 29.4. The third-order valence-electron chi connectivity index (χ3n) is 6.66. The Morgan fingerprint density at radius 3 is 1.88 bits per heavy atom. The molecule has 0 heterocycles. The quantitative estimate of drug-likeness (QED) is 0.155. The van der Waals surface area contributed by atoms with E-state index in [9.17, 15) is 4.79 Å². The smallest absolute Gasteiger partial charge is 0.188 e. The SMILES string of the molecule is COCOc1c(CC(=O)/C=C/[Si](C)(C)c2ccc(OC)cc2)c(OC)c2c(OC)cc(OC)c(OC)c2c1OC. The van der Waals surface area contributed by atoms with Crippen LogP contribution in [0.25, 0.3) is 10.8 Å². The fourth-order valence-corrected chi connectivity index (χ4v) is 6.40. The highest BCUT2D eigenvalue weighted by atomic mass is 28.3. The first kappa shape index (κ1) is 30.6. The summed E-state index contributed by atoms with van der Waals surface area (Å²) >= 11 is 0. The van der Waals surface area contributed by atoms with E-state index in [-0.39, 0.29) is 19.0 Å². The topological polar surface area (TPSA) is 90.9 Å². The molecule has 216 valence electrons. The Hall–Kier alpha value is -3.89. The van der Waals surface area contributed by atoms with E-state index in [4.69, 9.17) is 37.9 Å². The van der Waals surface area contributed by atoms with Crippen molar-refractivity contribution in [3.8, 4) is 40.2 Å². The maximum atomic E-state index is 13.5. The predicted octanol–water partition coefficient (Wildman–Crippen LogP) is 4.70. The molecule has 0 saturated carbocycles. The van der Waals surface area contributed by atoms with Crippen LogP contribution < -0.4 is 38.3 Å². The summed E-state index contributed by atoms with van der Waals surface area (Å²) in [4.78, 5) is 13.5. The van der Waals surface area contributed by atoms with Crippen molar-refractivity contribution >= 4 is 29.8 Å². The van der Waals surface area contributed by atoms with Gasteiger partial charge in [-0.25, -0.2) is 0 Å². The van der Waals surface area contributed by atoms with Crippen molar-refractivity contribution in [2.45, 2.75) is 19.5 Å². The predicted molar refractivity (Wildman–Crippen MR) is 157 cm³/mol. The number of hydrogen-bond donors (Lipinski definition) is 0. The fraction of sp³-hybridized carbons (Fsp3) is 0.367. The first-order valence-electron chi connectivity index (χ1n) is 12.6. The van der Waals surface area contributed by atoms with Crippen LogP contribution in [-0.4, -0.2) is 70.4 Å². The number of carbonyl (C=O) groups excluding carboxylic acids is 1. The molecule has 0 N–H and O–H groups in total. The van der Waals surface area contributed by atoms with Gasteiger partial charge in [-0.3, -0.25) is 4.79 Å². The first-order valence-corrected chi connectivity index (χ1v) is 15.7. The number of allylic oxidation sites excluding steroid dienone is 1. The molecule has 0 atom stereocenters. The molecule has 3 aromatic rings. The van der Waals surface area contributed by atoms with Crippen LogP contribution in [0, 0.1) is 0 Å². The largest absolute Gasteiger partial charge is 0.497 e. The van der Waals surface area contributed by atoms with Crippen LogP contribution in [0.4, 0.5) is 0 Å². The van der Waals surface area contributed by atoms with E-state index < -0.39 is 8.07 Å². The van der Waals surface area contributed by atoms with Gasteiger partial charge < -0.3 is 37.9 Å². The molecule has 0 aliphatic rings. The molecule has 3 rings (SSSR count). The molecule has 0 aliphatic heterocycles. The first-order chi connectivity index (χ1) is 19.2. The molecule has 40 heavy (non-hydrogen) atoms. The minimum atomic E-state index is -2.07. The van der Waals surface area contributed by atoms with Gasteiger partial charge in [-0.1, -0.05) is 36.1 Å². The third-order valence-corrected chi connectivity index (χ3v) is 9.48. The zero-order valence-corrected chi connectivity index (χ0v) is 25.6. The van der Waals surface area contributed by atoms with Gasteiger partial charge in [0.05, 0.1) is 53.4 Å². The highest BCUT2D eigenvalue weighted by molar-refractivity contribution is 6.94. The van der Waals surface area contributed by atoms with E-state index in [0.717, 1.165) is 5.75 Å². The van der Waals surface area contributed by atoms with E-state index in [2.05, 4.69) is 13.1 Å². The summed E-state index contributed by atoms with van der Waals surface area (Å²) in [6.45, 7) is 4.27. The van der Waals surface area contributed by atoms with Crippen LogP contribution in [0.1, 0.15) is 5.56 Å². The van der Waals surface area contributed by atoms with E-state index in [1.54, 1.807) is 26.4 Å². The lowest BCUT2D eigenvalue weighted by atomic mass is 9.97. The van der Waals surface area contributed by atoms with Crippen molar-refractivity contribution in [2.75, 3.05) is 56.6 Å². The number of hydrogen-bond acceptors (Lipinski definition) is 9. The summed E-state index contributed by atoms with van der Waals surface area (Å²) in [5.41, 5.74) is 2.51. The normalized spacial score (nSPS) is 11.4.